The summed E-state index contributed by atoms with van der Waals surface area (Å²) in [5.74, 6) is 0.374. The fourth-order valence-corrected chi connectivity index (χ4v) is 4.32. The average molecular weight is 388 g/mol. The lowest BCUT2D eigenvalue weighted by Crippen LogP contribution is -2.26. The van der Waals surface area contributed by atoms with Gasteiger partial charge in [0, 0.05) is 36.3 Å². The van der Waals surface area contributed by atoms with Crippen molar-refractivity contribution in [1.29, 1.82) is 0 Å². The third-order valence-electron chi connectivity index (χ3n) is 4.00. The summed E-state index contributed by atoms with van der Waals surface area (Å²) in [6, 6.07) is 10.9. The molecule has 2 aromatic heterocycles. The van der Waals surface area contributed by atoms with Gasteiger partial charge in [0.05, 0.1) is 15.6 Å². The van der Waals surface area contributed by atoms with Crippen molar-refractivity contribution >= 4 is 21.4 Å². The molecule has 0 fully saturated rings. The van der Waals surface area contributed by atoms with Crippen molar-refractivity contribution in [3.05, 3.63) is 64.7 Å². The molecule has 0 bridgehead atoms. The Hall–Kier alpha value is -2.09. The second-order valence-corrected chi connectivity index (χ2v) is 8.95. The van der Waals surface area contributed by atoms with E-state index in [0.29, 0.717) is 18.9 Å². The van der Waals surface area contributed by atoms with E-state index in [0.717, 1.165) is 21.8 Å². The van der Waals surface area contributed by atoms with E-state index in [9.17, 15) is 8.42 Å². The molecule has 0 aliphatic heterocycles. The van der Waals surface area contributed by atoms with Crippen LogP contribution in [0, 0.1) is 0 Å². The third kappa shape index (κ3) is 4.55. The standard InChI is InChI=1S/C19H21N3O2S2/c1-14(2)15-5-7-17(8-6-15)26(23,24)21-11-9-19-22-18(13-25-19)16-4-3-10-20-12-16/h3-8,10,12-14,21H,9,11H2,1-2H3. The molecule has 0 aliphatic rings. The zero-order valence-electron chi connectivity index (χ0n) is 14.7. The number of thiazole rings is 1. The molecule has 0 amide bonds. The van der Waals surface area contributed by atoms with Crippen molar-refractivity contribution in [2.75, 3.05) is 6.54 Å². The predicted molar refractivity (Wildman–Crippen MR) is 105 cm³/mol. The monoisotopic (exact) mass is 387 g/mol. The predicted octanol–water partition coefficient (Wildman–Crippen LogP) is 3.85. The topological polar surface area (TPSA) is 72.0 Å². The molecule has 0 unspecified atom stereocenters. The Labute approximate surface area is 158 Å². The smallest absolute Gasteiger partial charge is 0.240 e. The molecule has 3 rings (SSSR count). The van der Waals surface area contributed by atoms with Crippen molar-refractivity contribution in [3.63, 3.8) is 0 Å². The van der Waals surface area contributed by atoms with Gasteiger partial charge in [-0.15, -0.1) is 11.3 Å². The van der Waals surface area contributed by atoms with Gasteiger partial charge >= 0.3 is 0 Å². The van der Waals surface area contributed by atoms with Gasteiger partial charge in [-0.1, -0.05) is 26.0 Å². The Kier molecular flexibility index (Phi) is 5.80. The van der Waals surface area contributed by atoms with E-state index in [-0.39, 0.29) is 4.90 Å². The van der Waals surface area contributed by atoms with Crippen molar-refractivity contribution < 1.29 is 8.42 Å². The minimum atomic E-state index is -3.50. The molecular weight excluding hydrogens is 366 g/mol. The number of sulfonamides is 1. The van der Waals surface area contributed by atoms with Crippen LogP contribution in [0.25, 0.3) is 11.3 Å². The van der Waals surface area contributed by atoms with Crippen LogP contribution in [0.1, 0.15) is 30.3 Å². The number of nitrogens with zero attached hydrogens (tertiary/aromatic N) is 2. The van der Waals surface area contributed by atoms with Crippen LogP contribution in [-0.4, -0.2) is 24.9 Å². The van der Waals surface area contributed by atoms with Gasteiger partial charge in [-0.05, 0) is 35.7 Å². The minimum Gasteiger partial charge on any atom is -0.264 e. The molecule has 1 aromatic carbocycles. The van der Waals surface area contributed by atoms with Crippen LogP contribution in [0.2, 0.25) is 0 Å². The van der Waals surface area contributed by atoms with E-state index in [1.807, 2.05) is 29.6 Å². The molecule has 2 heterocycles. The minimum absolute atomic E-state index is 0.289. The van der Waals surface area contributed by atoms with E-state index in [1.54, 1.807) is 24.5 Å². The number of rotatable bonds is 7. The number of benzene rings is 1. The second kappa shape index (κ2) is 8.07. The first-order valence-electron chi connectivity index (χ1n) is 8.40. The lowest BCUT2D eigenvalue weighted by atomic mass is 10.0. The molecule has 7 heteroatoms. The highest BCUT2D eigenvalue weighted by molar-refractivity contribution is 7.89. The summed E-state index contributed by atoms with van der Waals surface area (Å²) in [6.45, 7) is 4.47. The summed E-state index contributed by atoms with van der Waals surface area (Å²) in [6.07, 6.45) is 4.04. The number of aromatic nitrogens is 2. The van der Waals surface area contributed by atoms with Crippen LogP contribution in [-0.2, 0) is 16.4 Å². The molecule has 0 aliphatic carbocycles. The van der Waals surface area contributed by atoms with Gasteiger partial charge in [-0.3, -0.25) is 4.98 Å². The molecule has 5 nitrogen and oxygen atoms in total. The number of hydrogen-bond acceptors (Lipinski definition) is 5. The third-order valence-corrected chi connectivity index (χ3v) is 6.38. The van der Waals surface area contributed by atoms with Gasteiger partial charge in [0.1, 0.15) is 0 Å². The van der Waals surface area contributed by atoms with E-state index < -0.39 is 10.0 Å². The van der Waals surface area contributed by atoms with E-state index in [2.05, 4.69) is 28.5 Å². The number of pyridine rings is 1. The van der Waals surface area contributed by atoms with Crippen LogP contribution in [0.4, 0.5) is 0 Å². The Morgan fingerprint density at radius 1 is 1.15 bits per heavy atom. The Bertz CT molecular complexity index is 950. The lowest BCUT2D eigenvalue weighted by molar-refractivity contribution is 0.581. The summed E-state index contributed by atoms with van der Waals surface area (Å²) >= 11 is 1.52. The SMILES string of the molecule is CC(C)c1ccc(S(=O)(=O)NCCc2nc(-c3cccnc3)cs2)cc1. The van der Waals surface area contributed by atoms with Gasteiger partial charge < -0.3 is 0 Å². The van der Waals surface area contributed by atoms with Crippen molar-refractivity contribution in [3.8, 4) is 11.3 Å². The van der Waals surface area contributed by atoms with E-state index >= 15 is 0 Å². The Morgan fingerprint density at radius 3 is 2.58 bits per heavy atom. The first-order chi connectivity index (χ1) is 12.5. The van der Waals surface area contributed by atoms with E-state index in [1.165, 1.54) is 11.3 Å². The normalized spacial score (nSPS) is 11.8. The van der Waals surface area contributed by atoms with Crippen LogP contribution < -0.4 is 4.72 Å². The van der Waals surface area contributed by atoms with Gasteiger partial charge in [-0.25, -0.2) is 18.1 Å². The molecule has 0 atom stereocenters. The molecule has 1 N–H and O–H groups in total. The van der Waals surface area contributed by atoms with Crippen LogP contribution in [0.15, 0.2) is 59.1 Å². The summed E-state index contributed by atoms with van der Waals surface area (Å²) in [5.41, 5.74) is 2.95. The molecule has 0 saturated carbocycles. The van der Waals surface area contributed by atoms with Crippen molar-refractivity contribution in [1.82, 2.24) is 14.7 Å². The molecule has 3 aromatic rings. The highest BCUT2D eigenvalue weighted by Crippen LogP contribution is 2.21. The van der Waals surface area contributed by atoms with Gasteiger partial charge in [0.15, 0.2) is 0 Å². The van der Waals surface area contributed by atoms with Crippen molar-refractivity contribution in [2.24, 2.45) is 0 Å². The molecule has 26 heavy (non-hydrogen) atoms. The number of hydrogen-bond donors (Lipinski definition) is 1. The number of nitrogens with one attached hydrogen (secondary N) is 1. The van der Waals surface area contributed by atoms with Crippen LogP contribution >= 0.6 is 11.3 Å². The summed E-state index contributed by atoms with van der Waals surface area (Å²) in [4.78, 5) is 8.92. The maximum absolute atomic E-state index is 12.4. The fraction of sp³-hybridized carbons (Fsp3) is 0.263. The quantitative estimate of drug-likeness (QED) is 0.668. The fourth-order valence-electron chi connectivity index (χ4n) is 2.48. The largest absolute Gasteiger partial charge is 0.264 e. The maximum atomic E-state index is 12.4. The summed E-state index contributed by atoms with van der Waals surface area (Å²) < 4.78 is 27.4. The lowest BCUT2D eigenvalue weighted by Gasteiger charge is -2.08. The molecular formula is C19H21N3O2S2. The maximum Gasteiger partial charge on any atom is 0.240 e. The Balaban J connectivity index is 1.59. The van der Waals surface area contributed by atoms with Gasteiger partial charge in [-0.2, -0.15) is 0 Å². The van der Waals surface area contributed by atoms with Crippen molar-refractivity contribution in [2.45, 2.75) is 31.1 Å². The molecule has 0 spiro atoms. The highest BCUT2D eigenvalue weighted by Gasteiger charge is 2.14. The van der Waals surface area contributed by atoms with Gasteiger partial charge in [0.2, 0.25) is 10.0 Å². The summed E-state index contributed by atoms with van der Waals surface area (Å²) in [5, 5.41) is 2.85. The molecule has 0 saturated heterocycles. The highest BCUT2D eigenvalue weighted by atomic mass is 32.2. The van der Waals surface area contributed by atoms with Crippen LogP contribution in [0.3, 0.4) is 0 Å². The zero-order chi connectivity index (χ0) is 18.6. The summed E-state index contributed by atoms with van der Waals surface area (Å²) in [7, 11) is -3.50. The van der Waals surface area contributed by atoms with Crippen LogP contribution in [0.5, 0.6) is 0 Å². The first-order valence-corrected chi connectivity index (χ1v) is 10.8. The second-order valence-electron chi connectivity index (χ2n) is 6.24. The average Bonchev–Trinajstić information content (AvgIpc) is 3.11. The molecule has 136 valence electrons. The molecule has 0 radical (unpaired) electrons. The zero-order valence-corrected chi connectivity index (χ0v) is 16.3. The Morgan fingerprint density at radius 2 is 1.92 bits per heavy atom. The first kappa shape index (κ1) is 18.7. The van der Waals surface area contributed by atoms with Gasteiger partial charge in [0.25, 0.3) is 0 Å². The van der Waals surface area contributed by atoms with E-state index in [4.69, 9.17) is 0 Å².